The molecule has 27 heavy (non-hydrogen) atoms. The number of aromatic amines is 1. The van der Waals surface area contributed by atoms with Gasteiger partial charge < -0.3 is 15.0 Å². The average Bonchev–Trinajstić information content (AvgIpc) is 3.25. The Labute approximate surface area is 157 Å². The maximum Gasteiger partial charge on any atom is 0.424 e. The van der Waals surface area contributed by atoms with Crippen LogP contribution in [-0.2, 0) is 15.7 Å². The number of hydrogen-bond acceptors (Lipinski definition) is 6. The van der Waals surface area contributed by atoms with Gasteiger partial charge in [0.1, 0.15) is 6.61 Å². The summed E-state index contributed by atoms with van der Waals surface area (Å²) in [5.41, 5.74) is 3.81. The van der Waals surface area contributed by atoms with Gasteiger partial charge in [0.15, 0.2) is 5.76 Å². The third-order valence-electron chi connectivity index (χ3n) is 4.75. The van der Waals surface area contributed by atoms with Gasteiger partial charge >= 0.3 is 7.87 Å². The molecule has 0 aliphatic carbocycles. The molecule has 0 saturated carbocycles. The summed E-state index contributed by atoms with van der Waals surface area (Å²) in [5.74, 6) is 0.640. The molecule has 2 atom stereocenters. The first-order valence-corrected chi connectivity index (χ1v) is 10.4. The number of H-pyrrole nitrogens is 1. The molecule has 2 aliphatic heterocycles. The first-order chi connectivity index (χ1) is 12.8. The SMILES string of the molecule is CC1=C(C)O[P+](O)(C(COc2ncc(C)[nH]2)c2ccc3c(c2)CC(=O)N3)N1. The van der Waals surface area contributed by atoms with E-state index >= 15 is 0 Å². The number of aromatic nitrogens is 2. The molecule has 142 valence electrons. The van der Waals surface area contributed by atoms with Crippen molar-refractivity contribution in [1.82, 2.24) is 15.1 Å². The Morgan fingerprint density at radius 1 is 1.37 bits per heavy atom. The Bertz CT molecular complexity index is 925. The number of nitrogens with zero attached hydrogens (tertiary/aromatic N) is 1. The van der Waals surface area contributed by atoms with E-state index in [9.17, 15) is 9.69 Å². The van der Waals surface area contributed by atoms with Gasteiger partial charge in [-0.15, -0.1) is 0 Å². The largest absolute Gasteiger partial charge is 0.460 e. The van der Waals surface area contributed by atoms with Crippen LogP contribution in [0.4, 0.5) is 5.69 Å². The van der Waals surface area contributed by atoms with Crippen molar-refractivity contribution in [3.63, 3.8) is 0 Å². The Kier molecular flexibility index (Phi) is 4.32. The highest BCUT2D eigenvalue weighted by Gasteiger charge is 2.55. The van der Waals surface area contributed by atoms with Gasteiger partial charge in [-0.25, -0.2) is 10.1 Å². The lowest BCUT2D eigenvalue weighted by Crippen LogP contribution is -2.22. The molecule has 0 radical (unpaired) electrons. The van der Waals surface area contributed by atoms with Crippen molar-refractivity contribution in [3.8, 4) is 6.01 Å². The van der Waals surface area contributed by atoms with Gasteiger partial charge in [0.05, 0.1) is 18.3 Å². The minimum absolute atomic E-state index is 0.0295. The molecule has 9 heteroatoms. The molecule has 2 unspecified atom stereocenters. The van der Waals surface area contributed by atoms with Gasteiger partial charge in [-0.1, -0.05) is 6.07 Å². The van der Waals surface area contributed by atoms with Crippen LogP contribution >= 0.6 is 7.87 Å². The molecule has 0 bridgehead atoms. The Morgan fingerprint density at radius 2 is 2.19 bits per heavy atom. The van der Waals surface area contributed by atoms with E-state index in [-0.39, 0.29) is 12.5 Å². The van der Waals surface area contributed by atoms with E-state index in [2.05, 4.69) is 20.4 Å². The molecule has 1 amide bonds. The van der Waals surface area contributed by atoms with Gasteiger partial charge in [0.2, 0.25) is 11.6 Å². The van der Waals surface area contributed by atoms with Crippen LogP contribution in [0.3, 0.4) is 0 Å². The number of carbonyl (C=O) groups is 1. The van der Waals surface area contributed by atoms with E-state index in [1.54, 1.807) is 6.20 Å². The van der Waals surface area contributed by atoms with Crippen LogP contribution in [0.25, 0.3) is 0 Å². The van der Waals surface area contributed by atoms with Gasteiger partial charge in [0, 0.05) is 23.9 Å². The molecule has 2 aliphatic rings. The minimum atomic E-state index is -3.03. The number of aryl methyl sites for hydroxylation is 1. The van der Waals surface area contributed by atoms with E-state index in [0.29, 0.717) is 18.2 Å². The third-order valence-corrected chi connectivity index (χ3v) is 7.25. The Morgan fingerprint density at radius 3 is 2.85 bits per heavy atom. The molecule has 3 heterocycles. The van der Waals surface area contributed by atoms with Crippen LogP contribution in [0.15, 0.2) is 35.9 Å². The Hall–Kier alpha value is -2.57. The highest BCUT2D eigenvalue weighted by molar-refractivity contribution is 7.64. The molecular formula is C18H22N4O4P+. The van der Waals surface area contributed by atoms with Crippen molar-refractivity contribution in [1.29, 1.82) is 0 Å². The van der Waals surface area contributed by atoms with E-state index in [1.807, 2.05) is 39.0 Å². The highest BCUT2D eigenvalue weighted by Crippen LogP contribution is 2.68. The molecule has 0 spiro atoms. The first-order valence-electron chi connectivity index (χ1n) is 8.68. The van der Waals surface area contributed by atoms with Crippen LogP contribution in [0.2, 0.25) is 0 Å². The lowest BCUT2D eigenvalue weighted by molar-refractivity contribution is -0.115. The van der Waals surface area contributed by atoms with E-state index in [4.69, 9.17) is 9.26 Å². The Balaban J connectivity index is 1.64. The summed E-state index contributed by atoms with van der Waals surface area (Å²) in [6, 6.07) is 6.07. The van der Waals surface area contributed by atoms with Crippen molar-refractivity contribution in [3.05, 3.63) is 52.7 Å². The van der Waals surface area contributed by atoms with Crippen LogP contribution in [0, 0.1) is 6.92 Å². The van der Waals surface area contributed by atoms with Crippen molar-refractivity contribution in [2.24, 2.45) is 0 Å². The normalized spacial score (nSPS) is 22.1. The standard InChI is InChI=1S/C18H21N4O4P/c1-10-8-19-18(20-10)25-9-16(27(24)22-11(2)12(3)26-27)13-4-5-15-14(6-13)7-17(23)21-15/h4-6,8,16,22,24H,7,9H2,1-3H3,(H-,19,20,21,23)/p+1. The molecule has 1 aromatic carbocycles. The number of imidazole rings is 1. The number of nitrogens with one attached hydrogen (secondary N) is 3. The maximum atomic E-state index is 11.7. The summed E-state index contributed by atoms with van der Waals surface area (Å²) in [4.78, 5) is 30.1. The second-order valence-electron chi connectivity index (χ2n) is 6.85. The lowest BCUT2D eigenvalue weighted by atomic mass is 10.1. The molecular weight excluding hydrogens is 367 g/mol. The summed E-state index contributed by atoms with van der Waals surface area (Å²) in [7, 11) is -3.03. The average molecular weight is 389 g/mol. The van der Waals surface area contributed by atoms with E-state index in [1.165, 1.54) is 0 Å². The topological polar surface area (TPSA) is 108 Å². The van der Waals surface area contributed by atoms with Crippen molar-refractivity contribution >= 4 is 19.5 Å². The fourth-order valence-electron chi connectivity index (χ4n) is 3.24. The zero-order chi connectivity index (χ0) is 19.2. The molecule has 8 nitrogen and oxygen atoms in total. The number of anilines is 1. The molecule has 0 saturated heterocycles. The minimum Gasteiger partial charge on any atom is -0.460 e. The zero-order valence-corrected chi connectivity index (χ0v) is 16.3. The summed E-state index contributed by atoms with van der Waals surface area (Å²) >= 11 is 0. The van der Waals surface area contributed by atoms with Crippen LogP contribution in [-0.4, -0.2) is 27.4 Å². The fourth-order valence-corrected chi connectivity index (χ4v) is 5.60. The number of fused-ring (bicyclic) bond motifs is 1. The van der Waals surface area contributed by atoms with Gasteiger partial charge in [-0.3, -0.25) is 9.32 Å². The molecule has 4 N–H and O–H groups in total. The van der Waals surface area contributed by atoms with E-state index in [0.717, 1.165) is 28.2 Å². The highest BCUT2D eigenvalue weighted by atomic mass is 31.2. The molecule has 1 aromatic heterocycles. The number of rotatable bonds is 5. The van der Waals surface area contributed by atoms with Crippen LogP contribution < -0.4 is 15.1 Å². The summed E-state index contributed by atoms with van der Waals surface area (Å²) in [6.45, 7) is 5.75. The molecule has 4 rings (SSSR count). The predicted octanol–water partition coefficient (Wildman–Crippen LogP) is 2.96. The van der Waals surface area contributed by atoms with Crippen molar-refractivity contribution in [2.75, 3.05) is 11.9 Å². The molecule has 0 fully saturated rings. The van der Waals surface area contributed by atoms with E-state index < -0.39 is 13.5 Å². The number of allylic oxidation sites excluding steroid dienone is 2. The second kappa shape index (κ2) is 6.55. The summed E-state index contributed by atoms with van der Waals surface area (Å²) < 4.78 is 11.7. The third kappa shape index (κ3) is 3.38. The van der Waals surface area contributed by atoms with Gasteiger partial charge in [-0.05, 0) is 31.5 Å². The summed E-state index contributed by atoms with van der Waals surface area (Å²) in [6.07, 6.45) is 2.01. The van der Waals surface area contributed by atoms with Gasteiger partial charge in [0.25, 0.3) is 6.01 Å². The summed E-state index contributed by atoms with van der Waals surface area (Å²) in [5, 5.41) is 5.95. The number of hydrogen-bond donors (Lipinski definition) is 4. The van der Waals surface area contributed by atoms with Gasteiger partial charge in [-0.2, -0.15) is 4.89 Å². The monoisotopic (exact) mass is 389 g/mol. The van der Waals surface area contributed by atoms with Crippen LogP contribution in [0.1, 0.15) is 36.3 Å². The lowest BCUT2D eigenvalue weighted by Gasteiger charge is -2.23. The van der Waals surface area contributed by atoms with Crippen LogP contribution in [0.5, 0.6) is 6.01 Å². The smallest absolute Gasteiger partial charge is 0.424 e. The molecule has 2 aromatic rings. The zero-order valence-electron chi connectivity index (χ0n) is 15.4. The first kappa shape index (κ1) is 17.8. The number of ether oxygens (including phenoxy) is 1. The number of carbonyl (C=O) groups excluding carboxylic acids is 1. The predicted molar refractivity (Wildman–Crippen MR) is 102 cm³/mol. The maximum absolute atomic E-state index is 11.7. The fraction of sp³-hybridized carbons (Fsp3) is 0.333. The number of amides is 1. The quantitative estimate of drug-likeness (QED) is 0.586. The number of benzene rings is 1. The van der Waals surface area contributed by atoms with Crippen molar-refractivity contribution < 1.29 is 18.9 Å². The second-order valence-corrected chi connectivity index (χ2v) is 9.12. The van der Waals surface area contributed by atoms with Crippen molar-refractivity contribution in [2.45, 2.75) is 32.9 Å².